The van der Waals surface area contributed by atoms with Crippen LogP contribution in [0.3, 0.4) is 0 Å². The highest BCUT2D eigenvalue weighted by molar-refractivity contribution is 7.16. The Balaban J connectivity index is 1.67. The third-order valence-corrected chi connectivity index (χ3v) is 10.8. The summed E-state index contributed by atoms with van der Waals surface area (Å²) in [5, 5.41) is 17.1. The van der Waals surface area contributed by atoms with Crippen LogP contribution in [-0.4, -0.2) is 40.0 Å². The monoisotopic (exact) mass is 673 g/mol. The number of aromatic nitrogens is 4. The van der Waals surface area contributed by atoms with Gasteiger partial charge in [0.15, 0.2) is 11.5 Å². The number of thiophene rings is 1. The van der Waals surface area contributed by atoms with Gasteiger partial charge in [0, 0.05) is 28.6 Å². The van der Waals surface area contributed by atoms with Gasteiger partial charge in [-0.25, -0.2) is 0 Å². The third kappa shape index (κ3) is 9.83. The molecule has 0 aliphatic carbocycles. The number of benzene rings is 1. The molecular formula is C41H63N5OS. The highest BCUT2D eigenvalue weighted by atomic mass is 32.1. The first-order valence-corrected chi connectivity index (χ1v) is 19.9. The minimum Gasteiger partial charge on any atom is -0.496 e. The molecule has 7 heteroatoms. The Kier molecular flexibility index (Phi) is 14.8. The van der Waals surface area contributed by atoms with E-state index in [4.69, 9.17) is 20.0 Å². The Bertz CT molecular complexity index is 1560. The smallest absolute Gasteiger partial charge is 0.189 e. The lowest BCUT2D eigenvalue weighted by atomic mass is 9.91. The zero-order valence-corrected chi connectivity index (χ0v) is 32.2. The number of unbranched alkanes of at least 4 members (excludes halogenated alkanes) is 10. The normalized spacial score (nSPS) is 12.6. The number of hydrogen-bond donors (Lipinski definition) is 0. The zero-order valence-electron chi connectivity index (χ0n) is 31.4. The van der Waals surface area contributed by atoms with Crippen LogP contribution >= 0.6 is 11.3 Å². The van der Waals surface area contributed by atoms with Crippen molar-refractivity contribution in [2.24, 2.45) is 0 Å². The fraction of sp³-hybridized carbons (Fsp3) is 0.634. The van der Waals surface area contributed by atoms with Crippen LogP contribution in [-0.2, 0) is 5.41 Å². The molecule has 0 saturated carbocycles. The lowest BCUT2D eigenvalue weighted by Crippen LogP contribution is -2.24. The van der Waals surface area contributed by atoms with Crippen LogP contribution in [0.15, 0.2) is 30.3 Å². The molecule has 3 heterocycles. The first-order valence-electron chi connectivity index (χ1n) is 19.1. The minimum atomic E-state index is -0.160. The lowest BCUT2D eigenvalue weighted by Gasteiger charge is -2.23. The van der Waals surface area contributed by atoms with Crippen molar-refractivity contribution in [2.75, 3.05) is 25.1 Å². The van der Waals surface area contributed by atoms with Gasteiger partial charge in [0.2, 0.25) is 0 Å². The number of anilines is 1. The highest BCUT2D eigenvalue weighted by Gasteiger charge is 2.26. The molecule has 0 atom stereocenters. The van der Waals surface area contributed by atoms with E-state index in [1.54, 1.807) is 7.11 Å². The second-order valence-electron chi connectivity index (χ2n) is 14.6. The first kappa shape index (κ1) is 37.9. The summed E-state index contributed by atoms with van der Waals surface area (Å²) in [5.41, 5.74) is 3.93. The van der Waals surface area contributed by atoms with E-state index < -0.39 is 0 Å². The van der Waals surface area contributed by atoms with E-state index in [2.05, 4.69) is 89.8 Å². The fourth-order valence-electron chi connectivity index (χ4n) is 6.80. The number of nitrogens with zero attached hydrogens (tertiary/aromatic N) is 5. The maximum Gasteiger partial charge on any atom is 0.189 e. The van der Waals surface area contributed by atoms with E-state index in [-0.39, 0.29) is 5.41 Å². The Morgan fingerprint density at radius 1 is 0.812 bits per heavy atom. The van der Waals surface area contributed by atoms with Crippen molar-refractivity contribution >= 4 is 28.1 Å². The van der Waals surface area contributed by atoms with Gasteiger partial charge in [-0.1, -0.05) is 119 Å². The van der Waals surface area contributed by atoms with Gasteiger partial charge in [-0.15, -0.1) is 21.5 Å². The maximum absolute atomic E-state index is 5.83. The molecule has 0 aliphatic rings. The number of ether oxygens (including phenoxy) is 1. The molecule has 0 unspecified atom stereocenters. The standard InChI is InChI=1S/C41H63N5OS/c1-9-13-15-17-19-21-27-45(28-22-20-18-16-14-10-2)37-26-24-33(48-37)30-35-38(41(5,6)7)44-46-39(42-43-40(35)46)34-29-32(31(11-3)12-4)23-25-36(34)47-8/h23-26,29-31H,9-22,27-28H2,1-8H3. The summed E-state index contributed by atoms with van der Waals surface area (Å²) < 4.78 is 7.77. The molecule has 0 amide bonds. The van der Waals surface area contributed by atoms with Gasteiger partial charge in [-0.2, -0.15) is 9.61 Å². The summed E-state index contributed by atoms with van der Waals surface area (Å²) in [4.78, 5) is 3.89. The van der Waals surface area contributed by atoms with E-state index in [9.17, 15) is 0 Å². The van der Waals surface area contributed by atoms with Gasteiger partial charge in [-0.3, -0.25) is 0 Å². The molecule has 0 radical (unpaired) electrons. The van der Waals surface area contributed by atoms with E-state index in [1.807, 2.05) is 15.9 Å². The SMILES string of the molecule is CCCCCCCCN(CCCCCCCC)c1ccc(C=c2c(C(C)(C)C)nn3c(-c4cc(C(CC)CC)ccc4OC)nnc23)s1. The summed E-state index contributed by atoms with van der Waals surface area (Å²) in [7, 11) is 1.72. The lowest BCUT2D eigenvalue weighted by molar-refractivity contribution is 0.415. The summed E-state index contributed by atoms with van der Waals surface area (Å²) >= 11 is 1.90. The van der Waals surface area contributed by atoms with Gasteiger partial charge in [0.25, 0.3) is 0 Å². The fourth-order valence-corrected chi connectivity index (χ4v) is 7.80. The van der Waals surface area contributed by atoms with Crippen LogP contribution in [0.25, 0.3) is 23.1 Å². The average molecular weight is 674 g/mol. The van der Waals surface area contributed by atoms with E-state index >= 15 is 0 Å². The summed E-state index contributed by atoms with van der Waals surface area (Å²) in [6, 6.07) is 11.1. The molecule has 0 spiro atoms. The van der Waals surface area contributed by atoms with Crippen LogP contribution in [0.1, 0.15) is 160 Å². The van der Waals surface area contributed by atoms with Crippen molar-refractivity contribution in [3.8, 4) is 17.1 Å². The van der Waals surface area contributed by atoms with Crippen LogP contribution in [0.2, 0.25) is 0 Å². The van der Waals surface area contributed by atoms with Crippen LogP contribution in [0, 0.1) is 0 Å². The molecule has 264 valence electrons. The zero-order chi connectivity index (χ0) is 34.5. The number of fused-ring (bicyclic) bond motifs is 1. The second-order valence-corrected chi connectivity index (χ2v) is 15.7. The molecular weight excluding hydrogens is 611 g/mol. The van der Waals surface area contributed by atoms with Gasteiger partial charge in [-0.05, 0) is 67.5 Å². The molecule has 0 fully saturated rings. The molecule has 6 nitrogen and oxygen atoms in total. The predicted molar refractivity (Wildman–Crippen MR) is 207 cm³/mol. The molecule has 0 N–H and O–H groups in total. The molecule has 48 heavy (non-hydrogen) atoms. The van der Waals surface area contributed by atoms with Gasteiger partial charge in [0.05, 0.1) is 23.4 Å². The topological polar surface area (TPSA) is 55.6 Å². The molecule has 0 bridgehead atoms. The van der Waals surface area contributed by atoms with Crippen LogP contribution in [0.5, 0.6) is 5.75 Å². The van der Waals surface area contributed by atoms with Crippen molar-refractivity contribution in [2.45, 2.75) is 150 Å². The highest BCUT2D eigenvalue weighted by Crippen LogP contribution is 2.35. The molecule has 3 aromatic heterocycles. The van der Waals surface area contributed by atoms with Crippen molar-refractivity contribution in [1.82, 2.24) is 19.8 Å². The first-order chi connectivity index (χ1) is 23.2. The van der Waals surface area contributed by atoms with Gasteiger partial charge in [0.1, 0.15) is 5.75 Å². The van der Waals surface area contributed by atoms with Crippen molar-refractivity contribution in [1.29, 1.82) is 0 Å². The average Bonchev–Trinajstić information content (AvgIpc) is 3.80. The maximum atomic E-state index is 5.83. The van der Waals surface area contributed by atoms with E-state index in [0.29, 0.717) is 5.92 Å². The van der Waals surface area contributed by atoms with E-state index in [0.717, 1.165) is 59.6 Å². The minimum absolute atomic E-state index is 0.160. The predicted octanol–water partition coefficient (Wildman–Crippen LogP) is 11.1. The Hall–Kier alpha value is -2.93. The summed E-state index contributed by atoms with van der Waals surface area (Å²) in [6.45, 7) is 18.1. The molecule has 0 saturated heterocycles. The Morgan fingerprint density at radius 2 is 1.44 bits per heavy atom. The number of rotatable bonds is 21. The van der Waals surface area contributed by atoms with Gasteiger partial charge >= 0.3 is 0 Å². The quantitative estimate of drug-likeness (QED) is 0.0824. The molecule has 0 aliphatic heterocycles. The van der Waals surface area contributed by atoms with Crippen molar-refractivity contribution in [3.63, 3.8) is 0 Å². The molecule has 1 aromatic carbocycles. The van der Waals surface area contributed by atoms with Crippen molar-refractivity contribution < 1.29 is 4.74 Å². The van der Waals surface area contributed by atoms with E-state index in [1.165, 1.54) is 92.5 Å². The Labute approximate surface area is 295 Å². The molecule has 4 aromatic rings. The third-order valence-electron chi connectivity index (χ3n) is 9.74. The number of hydrogen-bond acceptors (Lipinski definition) is 6. The van der Waals surface area contributed by atoms with Crippen LogP contribution < -0.4 is 14.9 Å². The summed E-state index contributed by atoms with van der Waals surface area (Å²) in [6.07, 6.45) is 20.4. The second kappa shape index (κ2) is 18.7. The van der Waals surface area contributed by atoms with Crippen LogP contribution in [0.4, 0.5) is 5.00 Å². The molecule has 4 rings (SSSR count). The van der Waals surface area contributed by atoms with Gasteiger partial charge < -0.3 is 9.64 Å². The largest absolute Gasteiger partial charge is 0.496 e. The summed E-state index contributed by atoms with van der Waals surface area (Å²) in [5.74, 6) is 2.02. The number of methoxy groups -OCH3 is 1. The Morgan fingerprint density at radius 3 is 2.02 bits per heavy atom. The van der Waals surface area contributed by atoms with Crippen molar-refractivity contribution in [3.05, 3.63) is 51.7 Å².